The Balaban J connectivity index is 2.16. The van der Waals surface area contributed by atoms with Crippen molar-refractivity contribution in [3.63, 3.8) is 0 Å². The zero-order valence-corrected chi connectivity index (χ0v) is 15.5. The standard InChI is InChI=1S/C21H22N2O5/c1-2-28-17-10-8-16(9-11-17)20(26)23-18(14-15-6-4-3-5-7-15)21(27)22-13-12-19(24)25/h3-11,14H,2,12-13H2,1H3,(H,22,27)(H,23,26)(H,24,25). The number of carbonyl (C=O) groups is 3. The first-order valence-corrected chi connectivity index (χ1v) is 8.80. The molecule has 0 radical (unpaired) electrons. The topological polar surface area (TPSA) is 105 Å². The van der Waals surface area contributed by atoms with Crippen LogP contribution in [0.1, 0.15) is 29.3 Å². The van der Waals surface area contributed by atoms with Gasteiger partial charge in [-0.25, -0.2) is 0 Å². The number of carbonyl (C=O) groups excluding carboxylic acids is 2. The van der Waals surface area contributed by atoms with Gasteiger partial charge in [0, 0.05) is 12.1 Å². The molecule has 0 saturated heterocycles. The second-order valence-corrected chi connectivity index (χ2v) is 5.78. The Morgan fingerprint density at radius 2 is 1.71 bits per heavy atom. The molecule has 2 amide bonds. The van der Waals surface area contributed by atoms with Crippen molar-refractivity contribution in [1.82, 2.24) is 10.6 Å². The van der Waals surface area contributed by atoms with E-state index in [2.05, 4.69) is 10.6 Å². The predicted molar refractivity (Wildman–Crippen MR) is 105 cm³/mol. The van der Waals surface area contributed by atoms with Crippen LogP contribution in [0.4, 0.5) is 0 Å². The number of nitrogens with one attached hydrogen (secondary N) is 2. The number of carboxylic acids is 1. The van der Waals surface area contributed by atoms with Crippen LogP contribution < -0.4 is 15.4 Å². The van der Waals surface area contributed by atoms with Gasteiger partial charge in [0.05, 0.1) is 13.0 Å². The van der Waals surface area contributed by atoms with E-state index in [1.807, 2.05) is 13.0 Å². The van der Waals surface area contributed by atoms with Crippen LogP contribution in [0.2, 0.25) is 0 Å². The molecule has 0 aliphatic heterocycles. The van der Waals surface area contributed by atoms with Gasteiger partial charge in [-0.2, -0.15) is 0 Å². The lowest BCUT2D eigenvalue weighted by Gasteiger charge is -2.11. The van der Waals surface area contributed by atoms with Crippen molar-refractivity contribution in [3.8, 4) is 5.75 Å². The van der Waals surface area contributed by atoms with E-state index in [9.17, 15) is 14.4 Å². The van der Waals surface area contributed by atoms with E-state index >= 15 is 0 Å². The molecule has 146 valence electrons. The van der Waals surface area contributed by atoms with Crippen LogP contribution in [0.25, 0.3) is 6.08 Å². The summed E-state index contributed by atoms with van der Waals surface area (Å²) in [7, 11) is 0. The van der Waals surface area contributed by atoms with Crippen molar-refractivity contribution >= 4 is 23.9 Å². The molecule has 7 nitrogen and oxygen atoms in total. The zero-order valence-electron chi connectivity index (χ0n) is 15.5. The summed E-state index contributed by atoms with van der Waals surface area (Å²) >= 11 is 0. The van der Waals surface area contributed by atoms with Crippen LogP contribution in [0.3, 0.4) is 0 Å². The summed E-state index contributed by atoms with van der Waals surface area (Å²) in [5.41, 5.74) is 1.11. The third-order valence-electron chi connectivity index (χ3n) is 3.66. The van der Waals surface area contributed by atoms with E-state index in [4.69, 9.17) is 9.84 Å². The Bertz CT molecular complexity index is 845. The van der Waals surface area contributed by atoms with Gasteiger partial charge < -0.3 is 20.5 Å². The second kappa shape index (κ2) is 10.5. The molecule has 0 spiro atoms. The molecule has 0 saturated carbocycles. The minimum atomic E-state index is -1.02. The van der Waals surface area contributed by atoms with Gasteiger partial charge in [-0.1, -0.05) is 30.3 Å². The SMILES string of the molecule is CCOc1ccc(C(=O)NC(=Cc2ccccc2)C(=O)NCCC(=O)O)cc1. The molecule has 2 aromatic rings. The summed E-state index contributed by atoms with van der Waals surface area (Å²) in [6, 6.07) is 15.6. The lowest BCUT2D eigenvalue weighted by Crippen LogP contribution is -2.35. The molecule has 0 fully saturated rings. The Labute approximate surface area is 163 Å². The van der Waals surface area contributed by atoms with Gasteiger partial charge in [0.2, 0.25) is 0 Å². The molecule has 0 atom stereocenters. The van der Waals surface area contributed by atoms with Crippen molar-refractivity contribution in [2.75, 3.05) is 13.2 Å². The Morgan fingerprint density at radius 3 is 2.32 bits per heavy atom. The number of benzene rings is 2. The smallest absolute Gasteiger partial charge is 0.305 e. The fourth-order valence-electron chi connectivity index (χ4n) is 2.32. The Morgan fingerprint density at radius 1 is 1.04 bits per heavy atom. The second-order valence-electron chi connectivity index (χ2n) is 5.78. The van der Waals surface area contributed by atoms with Gasteiger partial charge >= 0.3 is 5.97 Å². The van der Waals surface area contributed by atoms with Crippen molar-refractivity contribution in [3.05, 3.63) is 71.4 Å². The third-order valence-corrected chi connectivity index (χ3v) is 3.66. The average molecular weight is 382 g/mol. The summed E-state index contributed by atoms with van der Waals surface area (Å²) < 4.78 is 5.35. The van der Waals surface area contributed by atoms with E-state index in [-0.39, 0.29) is 18.7 Å². The molecule has 0 heterocycles. The molecule has 0 aliphatic carbocycles. The highest BCUT2D eigenvalue weighted by Gasteiger charge is 2.15. The summed E-state index contributed by atoms with van der Waals surface area (Å²) in [5.74, 6) is -1.40. The first-order chi connectivity index (χ1) is 13.5. The number of rotatable bonds is 9. The number of aliphatic carboxylic acids is 1. The van der Waals surface area contributed by atoms with Gasteiger partial charge in [-0.05, 0) is 42.8 Å². The monoisotopic (exact) mass is 382 g/mol. The summed E-state index contributed by atoms with van der Waals surface area (Å²) in [6.45, 7) is 2.34. The van der Waals surface area contributed by atoms with Crippen LogP contribution >= 0.6 is 0 Å². The fourth-order valence-corrected chi connectivity index (χ4v) is 2.32. The van der Waals surface area contributed by atoms with Gasteiger partial charge in [-0.15, -0.1) is 0 Å². The number of carboxylic acid groups (broad SMARTS) is 1. The largest absolute Gasteiger partial charge is 0.494 e. The average Bonchev–Trinajstić information content (AvgIpc) is 2.68. The maximum Gasteiger partial charge on any atom is 0.305 e. The van der Waals surface area contributed by atoms with Gasteiger partial charge in [0.25, 0.3) is 11.8 Å². The molecule has 28 heavy (non-hydrogen) atoms. The van der Waals surface area contributed by atoms with Crippen LogP contribution in [0, 0.1) is 0 Å². The van der Waals surface area contributed by atoms with Gasteiger partial charge in [0.1, 0.15) is 11.4 Å². The minimum absolute atomic E-state index is 0.0236. The minimum Gasteiger partial charge on any atom is -0.494 e. The van der Waals surface area contributed by atoms with Crippen molar-refractivity contribution in [2.24, 2.45) is 0 Å². The number of amides is 2. The molecule has 0 bridgehead atoms. The normalized spacial score (nSPS) is 10.8. The van der Waals surface area contributed by atoms with Crippen LogP contribution in [-0.2, 0) is 9.59 Å². The van der Waals surface area contributed by atoms with E-state index in [0.717, 1.165) is 5.56 Å². The van der Waals surface area contributed by atoms with E-state index in [0.29, 0.717) is 17.9 Å². The molecule has 0 aliphatic rings. The van der Waals surface area contributed by atoms with Gasteiger partial charge in [-0.3, -0.25) is 14.4 Å². The zero-order chi connectivity index (χ0) is 20.4. The maximum absolute atomic E-state index is 12.5. The van der Waals surface area contributed by atoms with Crippen LogP contribution in [-0.4, -0.2) is 36.0 Å². The first-order valence-electron chi connectivity index (χ1n) is 8.80. The predicted octanol–water partition coefficient (Wildman–Crippen LogP) is 2.45. The van der Waals surface area contributed by atoms with E-state index in [1.54, 1.807) is 48.5 Å². The molecule has 0 unspecified atom stereocenters. The van der Waals surface area contributed by atoms with E-state index < -0.39 is 17.8 Å². The number of hydrogen-bond donors (Lipinski definition) is 3. The maximum atomic E-state index is 12.5. The Hall–Kier alpha value is -3.61. The highest BCUT2D eigenvalue weighted by Crippen LogP contribution is 2.13. The Kier molecular flexibility index (Phi) is 7.77. The molecule has 0 aromatic heterocycles. The molecular formula is C21H22N2O5. The first kappa shape index (κ1) is 20.7. The van der Waals surface area contributed by atoms with Crippen molar-refractivity contribution in [1.29, 1.82) is 0 Å². The summed E-state index contributed by atoms with van der Waals surface area (Å²) in [6.07, 6.45) is 1.32. The molecule has 7 heteroatoms. The lowest BCUT2D eigenvalue weighted by molar-refractivity contribution is -0.136. The number of hydrogen-bond acceptors (Lipinski definition) is 4. The van der Waals surface area contributed by atoms with E-state index in [1.165, 1.54) is 6.08 Å². The fraction of sp³-hybridized carbons (Fsp3) is 0.190. The molecular weight excluding hydrogens is 360 g/mol. The third kappa shape index (κ3) is 6.60. The number of ether oxygens (including phenoxy) is 1. The summed E-state index contributed by atoms with van der Waals surface area (Å²) in [4.78, 5) is 35.6. The van der Waals surface area contributed by atoms with Crippen LogP contribution in [0.15, 0.2) is 60.3 Å². The lowest BCUT2D eigenvalue weighted by atomic mass is 10.1. The highest BCUT2D eigenvalue weighted by molar-refractivity contribution is 6.05. The van der Waals surface area contributed by atoms with Crippen molar-refractivity contribution < 1.29 is 24.2 Å². The van der Waals surface area contributed by atoms with Crippen molar-refractivity contribution in [2.45, 2.75) is 13.3 Å². The summed E-state index contributed by atoms with van der Waals surface area (Å²) in [5, 5.41) is 13.8. The van der Waals surface area contributed by atoms with Gasteiger partial charge in [0.15, 0.2) is 0 Å². The highest BCUT2D eigenvalue weighted by atomic mass is 16.5. The quantitative estimate of drug-likeness (QED) is 0.578. The molecule has 2 rings (SSSR count). The molecule has 3 N–H and O–H groups in total. The van der Waals surface area contributed by atoms with Crippen LogP contribution in [0.5, 0.6) is 5.75 Å². The molecule has 2 aromatic carbocycles.